The third-order valence-corrected chi connectivity index (χ3v) is 3.62. The molecule has 0 amide bonds. The molecule has 0 fully saturated rings. The van der Waals surface area contributed by atoms with Crippen LogP contribution in [0.25, 0.3) is 0 Å². The van der Waals surface area contributed by atoms with Gasteiger partial charge in [-0.2, -0.15) is 16.7 Å². The molecule has 1 heterocycles. The van der Waals surface area contributed by atoms with Crippen molar-refractivity contribution in [1.82, 2.24) is 10.1 Å². The Bertz CT molecular complexity index is 327. The van der Waals surface area contributed by atoms with E-state index in [-0.39, 0.29) is 6.04 Å². The summed E-state index contributed by atoms with van der Waals surface area (Å²) >= 11 is 1.82. The normalized spacial score (nSPS) is 14.7. The first-order valence-corrected chi connectivity index (χ1v) is 6.52. The Balaban J connectivity index is 2.47. The van der Waals surface area contributed by atoms with Crippen LogP contribution < -0.4 is 5.73 Å². The zero-order chi connectivity index (χ0) is 12.0. The second-order valence-corrected chi connectivity index (χ2v) is 5.14. The number of aromatic nitrogens is 2. The zero-order valence-electron chi connectivity index (χ0n) is 9.85. The molecule has 0 saturated carbocycles. The van der Waals surface area contributed by atoms with Gasteiger partial charge in [0, 0.05) is 5.25 Å². The molecule has 1 aromatic rings. The van der Waals surface area contributed by atoms with Crippen molar-refractivity contribution in [1.29, 1.82) is 0 Å². The fraction of sp³-hybridized carbons (Fsp3) is 0.636. The minimum absolute atomic E-state index is 0.229. The molecule has 2 atom stereocenters. The van der Waals surface area contributed by atoms with Gasteiger partial charge in [0.25, 0.3) is 0 Å². The van der Waals surface area contributed by atoms with E-state index in [1.54, 1.807) is 6.08 Å². The van der Waals surface area contributed by atoms with Crippen molar-refractivity contribution >= 4 is 11.8 Å². The lowest BCUT2D eigenvalue weighted by Crippen LogP contribution is -2.09. The molecule has 0 spiro atoms. The Hall–Kier alpha value is -0.810. The third kappa shape index (κ3) is 3.98. The van der Waals surface area contributed by atoms with Gasteiger partial charge in [-0.3, -0.25) is 0 Å². The van der Waals surface area contributed by atoms with E-state index in [0.29, 0.717) is 17.6 Å². The van der Waals surface area contributed by atoms with Crippen molar-refractivity contribution in [3.8, 4) is 0 Å². The smallest absolute Gasteiger partial charge is 0.243 e. The minimum atomic E-state index is -0.229. The van der Waals surface area contributed by atoms with Crippen LogP contribution in [-0.4, -0.2) is 15.4 Å². The van der Waals surface area contributed by atoms with Gasteiger partial charge in [-0.15, -0.1) is 6.58 Å². The Morgan fingerprint density at radius 3 is 3.00 bits per heavy atom. The highest BCUT2D eigenvalue weighted by atomic mass is 32.2. The van der Waals surface area contributed by atoms with Crippen molar-refractivity contribution in [2.45, 2.75) is 43.7 Å². The van der Waals surface area contributed by atoms with Crippen LogP contribution in [0.2, 0.25) is 0 Å². The number of hydrogen-bond acceptors (Lipinski definition) is 5. The standard InChI is InChI=1S/C11H19N3OS/c1-4-6-9(12)11-13-10(14-15-11)7-16-8(3)5-2/h4,8-9H,1,5-7,12H2,2-3H3. The average molecular weight is 241 g/mol. The molecule has 0 aliphatic rings. The van der Waals surface area contributed by atoms with Crippen LogP contribution in [0.5, 0.6) is 0 Å². The van der Waals surface area contributed by atoms with E-state index >= 15 is 0 Å². The van der Waals surface area contributed by atoms with E-state index in [2.05, 4.69) is 30.6 Å². The summed E-state index contributed by atoms with van der Waals surface area (Å²) < 4.78 is 5.10. The highest BCUT2D eigenvalue weighted by molar-refractivity contribution is 7.99. The second kappa shape index (κ2) is 6.70. The van der Waals surface area contributed by atoms with E-state index < -0.39 is 0 Å². The van der Waals surface area contributed by atoms with Gasteiger partial charge in [-0.1, -0.05) is 25.1 Å². The van der Waals surface area contributed by atoms with Crippen LogP contribution in [0.3, 0.4) is 0 Å². The van der Waals surface area contributed by atoms with Crippen molar-refractivity contribution < 1.29 is 4.52 Å². The lowest BCUT2D eigenvalue weighted by molar-refractivity contribution is 0.352. The van der Waals surface area contributed by atoms with Gasteiger partial charge >= 0.3 is 0 Å². The summed E-state index contributed by atoms with van der Waals surface area (Å²) in [5.74, 6) is 2.00. The largest absolute Gasteiger partial charge is 0.338 e. The van der Waals surface area contributed by atoms with Crippen molar-refractivity contribution in [2.75, 3.05) is 0 Å². The molecular weight excluding hydrogens is 222 g/mol. The topological polar surface area (TPSA) is 64.9 Å². The summed E-state index contributed by atoms with van der Waals surface area (Å²) in [7, 11) is 0. The number of hydrogen-bond donors (Lipinski definition) is 1. The second-order valence-electron chi connectivity index (χ2n) is 3.71. The van der Waals surface area contributed by atoms with Crippen LogP contribution in [-0.2, 0) is 5.75 Å². The van der Waals surface area contributed by atoms with E-state index in [4.69, 9.17) is 10.3 Å². The first-order valence-electron chi connectivity index (χ1n) is 5.47. The Morgan fingerprint density at radius 1 is 1.62 bits per heavy atom. The van der Waals surface area contributed by atoms with Crippen LogP contribution in [0, 0.1) is 0 Å². The number of nitrogens with two attached hydrogens (primary N) is 1. The minimum Gasteiger partial charge on any atom is -0.338 e. The lowest BCUT2D eigenvalue weighted by Gasteiger charge is -2.04. The Labute approximate surface area is 101 Å². The Morgan fingerprint density at radius 2 is 2.38 bits per heavy atom. The van der Waals surface area contributed by atoms with Crippen LogP contribution >= 0.6 is 11.8 Å². The Kier molecular flexibility index (Phi) is 5.55. The molecule has 16 heavy (non-hydrogen) atoms. The van der Waals surface area contributed by atoms with E-state index in [9.17, 15) is 0 Å². The van der Waals surface area contributed by atoms with Crippen LogP contribution in [0.15, 0.2) is 17.2 Å². The molecule has 5 heteroatoms. The summed E-state index contributed by atoms with van der Waals surface area (Å²) in [6, 6.07) is -0.229. The van der Waals surface area contributed by atoms with E-state index in [1.165, 1.54) is 0 Å². The molecule has 2 unspecified atom stereocenters. The zero-order valence-corrected chi connectivity index (χ0v) is 10.7. The summed E-state index contributed by atoms with van der Waals surface area (Å²) in [5, 5.41) is 4.52. The quantitative estimate of drug-likeness (QED) is 0.743. The average Bonchev–Trinajstić information content (AvgIpc) is 2.75. The summed E-state index contributed by atoms with van der Waals surface area (Å²) in [6.45, 7) is 7.99. The van der Waals surface area contributed by atoms with Crippen LogP contribution in [0.1, 0.15) is 44.4 Å². The van der Waals surface area contributed by atoms with Gasteiger partial charge in [-0.25, -0.2) is 0 Å². The number of nitrogens with zero attached hydrogens (tertiary/aromatic N) is 2. The SMILES string of the molecule is C=CCC(N)c1nc(CSC(C)CC)no1. The van der Waals surface area contributed by atoms with Gasteiger partial charge < -0.3 is 10.3 Å². The monoisotopic (exact) mass is 241 g/mol. The van der Waals surface area contributed by atoms with E-state index in [0.717, 1.165) is 18.0 Å². The number of thioether (sulfide) groups is 1. The van der Waals surface area contributed by atoms with Crippen LogP contribution in [0.4, 0.5) is 0 Å². The van der Waals surface area contributed by atoms with Gasteiger partial charge in [-0.05, 0) is 12.8 Å². The first kappa shape index (κ1) is 13.3. The predicted molar refractivity (Wildman–Crippen MR) is 67.1 cm³/mol. The molecule has 0 aromatic carbocycles. The third-order valence-electron chi connectivity index (χ3n) is 2.29. The molecule has 0 bridgehead atoms. The highest BCUT2D eigenvalue weighted by Crippen LogP contribution is 2.19. The van der Waals surface area contributed by atoms with Gasteiger partial charge in [0.1, 0.15) is 0 Å². The number of rotatable bonds is 7. The van der Waals surface area contributed by atoms with Gasteiger partial charge in [0.2, 0.25) is 5.89 Å². The summed E-state index contributed by atoms with van der Waals surface area (Å²) in [5.41, 5.74) is 5.83. The molecular formula is C11H19N3OS. The van der Waals surface area contributed by atoms with Crippen molar-refractivity contribution in [3.63, 3.8) is 0 Å². The van der Waals surface area contributed by atoms with Gasteiger partial charge in [0.05, 0.1) is 11.8 Å². The fourth-order valence-corrected chi connectivity index (χ4v) is 1.88. The van der Waals surface area contributed by atoms with Crippen molar-refractivity contribution in [3.05, 3.63) is 24.4 Å². The van der Waals surface area contributed by atoms with Crippen molar-refractivity contribution in [2.24, 2.45) is 5.73 Å². The molecule has 1 aromatic heterocycles. The first-order chi connectivity index (χ1) is 7.67. The molecule has 0 aliphatic carbocycles. The maximum absolute atomic E-state index is 5.83. The molecule has 0 saturated heterocycles. The highest BCUT2D eigenvalue weighted by Gasteiger charge is 2.13. The maximum Gasteiger partial charge on any atom is 0.243 e. The molecule has 0 aliphatic heterocycles. The maximum atomic E-state index is 5.83. The lowest BCUT2D eigenvalue weighted by atomic mass is 10.2. The summed E-state index contributed by atoms with van der Waals surface area (Å²) in [6.07, 6.45) is 3.55. The molecule has 1 rings (SSSR count). The molecule has 90 valence electrons. The predicted octanol–water partition coefficient (Wildman–Crippen LogP) is 2.68. The molecule has 4 nitrogen and oxygen atoms in total. The molecule has 2 N–H and O–H groups in total. The fourth-order valence-electron chi connectivity index (χ4n) is 1.09. The van der Waals surface area contributed by atoms with E-state index in [1.807, 2.05) is 11.8 Å². The van der Waals surface area contributed by atoms with Gasteiger partial charge in [0.15, 0.2) is 5.82 Å². The molecule has 0 radical (unpaired) electrons. The summed E-state index contributed by atoms with van der Waals surface area (Å²) in [4.78, 5) is 4.26.